The Kier molecular flexibility index (Phi) is 7.72. The van der Waals surface area contributed by atoms with Crippen LogP contribution in [0.5, 0.6) is 5.75 Å². The van der Waals surface area contributed by atoms with E-state index in [1.165, 1.54) is 0 Å². The van der Waals surface area contributed by atoms with Gasteiger partial charge in [-0.25, -0.2) is 4.98 Å². The van der Waals surface area contributed by atoms with Crippen molar-refractivity contribution in [2.24, 2.45) is 5.92 Å². The molecule has 6 bridgehead atoms. The molecule has 40 heavy (non-hydrogen) atoms. The van der Waals surface area contributed by atoms with Crippen molar-refractivity contribution >= 4 is 40.6 Å². The van der Waals surface area contributed by atoms with Crippen molar-refractivity contribution in [3.8, 4) is 5.75 Å². The molecule has 4 aromatic rings. The molecular weight excluding hydrogens is 526 g/mol. The maximum Gasteiger partial charge on any atom is 0.253 e. The van der Waals surface area contributed by atoms with Crippen LogP contribution in [0.25, 0.3) is 0 Å². The molecule has 5 heterocycles. The Bertz CT molecular complexity index is 1490. The van der Waals surface area contributed by atoms with Crippen LogP contribution in [-0.2, 0) is 12.8 Å². The minimum Gasteiger partial charge on any atom is -0.493 e. The molecule has 10 heteroatoms. The first kappa shape index (κ1) is 26.0. The number of hydrogen-bond donors (Lipinski definition) is 2. The molecule has 2 N–H and O–H groups in total. The molecule has 1 amide bonds. The van der Waals surface area contributed by atoms with Gasteiger partial charge in [0.1, 0.15) is 10.8 Å². The second-order valence-corrected chi connectivity index (χ2v) is 10.6. The number of aromatic nitrogens is 4. The number of halogens is 1. The molecule has 0 aliphatic carbocycles. The summed E-state index contributed by atoms with van der Waals surface area (Å²) in [6.07, 6.45) is 13.1. The van der Waals surface area contributed by atoms with E-state index in [0.717, 1.165) is 73.4 Å². The zero-order chi connectivity index (χ0) is 27.3. The molecule has 2 aliphatic rings. The highest BCUT2D eigenvalue weighted by atomic mass is 35.5. The fourth-order valence-electron chi connectivity index (χ4n) is 5.18. The summed E-state index contributed by atoms with van der Waals surface area (Å²) < 4.78 is 6.34. The van der Waals surface area contributed by atoms with Gasteiger partial charge in [-0.05, 0) is 85.5 Å². The quantitative estimate of drug-likeness (QED) is 0.317. The molecule has 0 atom stereocenters. The fraction of sp³-hybridized carbons (Fsp3) is 0.300. The number of benzene rings is 1. The number of ether oxygens (including phenoxy) is 1. The number of nitrogens with zero attached hydrogens (tertiary/aromatic N) is 5. The van der Waals surface area contributed by atoms with Gasteiger partial charge in [-0.2, -0.15) is 4.98 Å². The monoisotopic (exact) mass is 555 g/mol. The van der Waals surface area contributed by atoms with Gasteiger partial charge in [-0.1, -0.05) is 11.6 Å². The van der Waals surface area contributed by atoms with Gasteiger partial charge in [0.2, 0.25) is 5.95 Å². The normalized spacial score (nSPS) is 15.1. The van der Waals surface area contributed by atoms with Crippen molar-refractivity contribution in [2.45, 2.75) is 32.1 Å². The molecule has 9 nitrogen and oxygen atoms in total. The molecule has 0 unspecified atom stereocenters. The third-order valence-corrected chi connectivity index (χ3v) is 7.69. The number of hydrogen-bond acceptors (Lipinski definition) is 8. The molecule has 1 aromatic carbocycles. The van der Waals surface area contributed by atoms with Crippen LogP contribution in [0.2, 0.25) is 5.02 Å². The number of pyridine rings is 2. The summed E-state index contributed by atoms with van der Waals surface area (Å²) in [5, 5.41) is 6.97. The summed E-state index contributed by atoms with van der Waals surface area (Å²) in [6, 6.07) is 11.7. The number of likely N-dealkylation sites (tertiary alicyclic amines) is 1. The van der Waals surface area contributed by atoms with Crippen LogP contribution in [0.3, 0.4) is 0 Å². The van der Waals surface area contributed by atoms with E-state index < -0.39 is 0 Å². The van der Waals surface area contributed by atoms with E-state index in [2.05, 4.69) is 42.7 Å². The van der Waals surface area contributed by atoms with E-state index in [0.29, 0.717) is 34.9 Å². The SMILES string of the molecule is O=C(c1ccncc1)N1CCC(CCOc2ccc3cc2CCc2cncc(c2)Nc2ncc(Cl)c(n2)N3)CC1. The Labute approximate surface area is 238 Å². The van der Waals surface area contributed by atoms with Gasteiger partial charge in [0, 0.05) is 42.9 Å². The summed E-state index contributed by atoms with van der Waals surface area (Å²) in [6.45, 7) is 2.17. The summed E-state index contributed by atoms with van der Waals surface area (Å²) >= 11 is 6.39. The molecule has 0 spiro atoms. The van der Waals surface area contributed by atoms with Crippen LogP contribution in [0, 0.1) is 5.92 Å². The Morgan fingerprint density at radius 3 is 2.67 bits per heavy atom. The lowest BCUT2D eigenvalue weighted by atomic mass is 9.93. The number of carbonyl (C=O) groups excluding carboxylic acids is 1. The summed E-state index contributed by atoms with van der Waals surface area (Å²) in [5.41, 5.74) is 4.61. The number of aryl methyl sites for hydroxylation is 2. The van der Waals surface area contributed by atoms with Crippen molar-refractivity contribution in [2.75, 3.05) is 30.3 Å². The van der Waals surface area contributed by atoms with Crippen molar-refractivity contribution < 1.29 is 9.53 Å². The third kappa shape index (κ3) is 6.15. The van der Waals surface area contributed by atoms with Crippen molar-refractivity contribution in [3.05, 3.63) is 89.1 Å². The van der Waals surface area contributed by atoms with Gasteiger partial charge in [-0.15, -0.1) is 0 Å². The first-order valence-electron chi connectivity index (χ1n) is 13.6. The zero-order valence-corrected chi connectivity index (χ0v) is 22.8. The lowest BCUT2D eigenvalue weighted by Crippen LogP contribution is -2.38. The molecule has 0 radical (unpaired) electrons. The van der Waals surface area contributed by atoms with Gasteiger partial charge in [0.25, 0.3) is 5.91 Å². The van der Waals surface area contributed by atoms with Gasteiger partial charge in [-0.3, -0.25) is 14.8 Å². The van der Waals surface area contributed by atoms with E-state index in [1.807, 2.05) is 23.2 Å². The summed E-state index contributed by atoms with van der Waals surface area (Å²) in [4.78, 5) is 31.9. The number of amides is 1. The molecule has 6 rings (SSSR count). The average molecular weight is 556 g/mol. The molecule has 3 aromatic heterocycles. The standard InChI is InChI=1S/C30H30ClN7O2/c31-26-19-34-30-36-25-15-21(17-33-18-25)1-2-23-16-24(35-28(26)37-30)3-4-27(23)40-14-9-20-7-12-38(13-8-20)29(39)22-5-10-32-11-6-22/h3-6,10-11,15-20H,1-2,7-9,12-14H2,(H2,34,35,36,37). The maximum absolute atomic E-state index is 12.7. The lowest BCUT2D eigenvalue weighted by molar-refractivity contribution is 0.0680. The Morgan fingerprint density at radius 2 is 1.82 bits per heavy atom. The molecule has 1 saturated heterocycles. The Morgan fingerprint density at radius 1 is 0.975 bits per heavy atom. The van der Waals surface area contributed by atoms with Crippen LogP contribution in [0.15, 0.2) is 67.4 Å². The average Bonchev–Trinajstić information content (AvgIpc) is 2.99. The minimum atomic E-state index is 0.0850. The van der Waals surface area contributed by atoms with Crippen molar-refractivity contribution in [3.63, 3.8) is 0 Å². The topological polar surface area (TPSA) is 105 Å². The molecular formula is C30H30ClN7O2. The second kappa shape index (κ2) is 11.9. The van der Waals surface area contributed by atoms with Crippen LogP contribution in [0.4, 0.5) is 23.1 Å². The van der Waals surface area contributed by atoms with E-state index in [-0.39, 0.29) is 5.91 Å². The van der Waals surface area contributed by atoms with E-state index in [4.69, 9.17) is 16.3 Å². The molecule has 0 saturated carbocycles. The predicted octanol–water partition coefficient (Wildman–Crippen LogP) is 5.83. The van der Waals surface area contributed by atoms with Gasteiger partial charge >= 0.3 is 0 Å². The molecule has 204 valence electrons. The second-order valence-electron chi connectivity index (χ2n) is 10.2. The highest BCUT2D eigenvalue weighted by molar-refractivity contribution is 6.32. The molecule has 2 aliphatic heterocycles. The van der Waals surface area contributed by atoms with Crippen molar-refractivity contribution in [1.29, 1.82) is 0 Å². The third-order valence-electron chi connectivity index (χ3n) is 7.41. The highest BCUT2D eigenvalue weighted by Crippen LogP contribution is 2.31. The summed E-state index contributed by atoms with van der Waals surface area (Å²) in [7, 11) is 0. The van der Waals surface area contributed by atoms with Gasteiger partial charge in [0.05, 0.1) is 24.7 Å². The number of rotatable bonds is 5. The Hall–Kier alpha value is -4.24. The number of piperidine rings is 1. The maximum atomic E-state index is 12.7. The fourth-order valence-corrected chi connectivity index (χ4v) is 5.32. The van der Waals surface area contributed by atoms with E-state index in [9.17, 15) is 4.79 Å². The van der Waals surface area contributed by atoms with Crippen LogP contribution in [0.1, 0.15) is 40.7 Å². The van der Waals surface area contributed by atoms with Gasteiger partial charge in [0.15, 0.2) is 5.82 Å². The van der Waals surface area contributed by atoms with Crippen molar-refractivity contribution in [1.82, 2.24) is 24.8 Å². The van der Waals surface area contributed by atoms with E-state index in [1.54, 1.807) is 36.9 Å². The van der Waals surface area contributed by atoms with Crippen LogP contribution in [-0.4, -0.2) is 50.4 Å². The summed E-state index contributed by atoms with van der Waals surface area (Å²) in [5.74, 6) is 2.46. The van der Waals surface area contributed by atoms with E-state index >= 15 is 0 Å². The predicted molar refractivity (Wildman–Crippen MR) is 155 cm³/mol. The zero-order valence-electron chi connectivity index (χ0n) is 22.0. The first-order valence-corrected chi connectivity index (χ1v) is 13.9. The highest BCUT2D eigenvalue weighted by Gasteiger charge is 2.23. The number of nitrogens with one attached hydrogen (secondary N) is 2. The van der Waals surface area contributed by atoms with Crippen LogP contribution >= 0.6 is 11.6 Å². The first-order chi connectivity index (χ1) is 19.6. The smallest absolute Gasteiger partial charge is 0.253 e. The lowest BCUT2D eigenvalue weighted by Gasteiger charge is -2.32. The largest absolute Gasteiger partial charge is 0.493 e. The van der Waals surface area contributed by atoms with Gasteiger partial charge < -0.3 is 20.3 Å². The minimum absolute atomic E-state index is 0.0850. The number of carbonyl (C=O) groups is 1. The van der Waals surface area contributed by atoms with Crippen LogP contribution < -0.4 is 15.4 Å². The molecule has 1 fully saturated rings. The Balaban J connectivity index is 1.11. The number of anilines is 4. The number of fused-ring (bicyclic) bond motifs is 6.